The molecule has 0 unspecified atom stereocenters. The fraction of sp³-hybridized carbons (Fsp3) is 0.172. The minimum absolute atomic E-state index is 0.225. The normalized spacial score (nSPS) is 11.1. The predicted molar refractivity (Wildman–Crippen MR) is 132 cm³/mol. The molecule has 0 aliphatic heterocycles. The number of ether oxygens (including phenoxy) is 2. The Hall–Kier alpha value is -3.99. The van der Waals surface area contributed by atoms with Crippen molar-refractivity contribution in [3.63, 3.8) is 0 Å². The Labute approximate surface area is 199 Å². The molecule has 0 fully saturated rings. The van der Waals surface area contributed by atoms with Gasteiger partial charge in [-0.15, -0.1) is 0 Å². The molecule has 3 aromatic carbocycles. The fourth-order valence-electron chi connectivity index (χ4n) is 3.06. The molecule has 0 spiro atoms. The summed E-state index contributed by atoms with van der Waals surface area (Å²) < 4.78 is 24.0. The zero-order valence-electron chi connectivity index (χ0n) is 19.1. The topological polar surface area (TPSA) is 52.6 Å². The highest BCUT2D eigenvalue weighted by atomic mass is 19.1. The minimum atomic E-state index is -0.491. The van der Waals surface area contributed by atoms with E-state index in [1.165, 1.54) is 36.4 Å². The third kappa shape index (κ3) is 8.17. The van der Waals surface area contributed by atoms with Crippen LogP contribution in [0.15, 0.2) is 84.9 Å². The molecule has 0 bridgehead atoms. The van der Waals surface area contributed by atoms with Crippen LogP contribution in [0.25, 0.3) is 12.2 Å². The average Bonchev–Trinajstić information content (AvgIpc) is 2.86. The lowest BCUT2D eigenvalue weighted by molar-refractivity contribution is -0.128. The van der Waals surface area contributed by atoms with Crippen molar-refractivity contribution in [3.05, 3.63) is 107 Å². The maximum absolute atomic E-state index is 13.0. The van der Waals surface area contributed by atoms with Gasteiger partial charge in [-0.2, -0.15) is 0 Å². The molecule has 0 amide bonds. The SMILES string of the molecule is CCCCCOc1ccc(/C=C/C(=O)Oc2ccc(/C=C/C(=O)c3ccc(F)cc3)cc2)cc1. The van der Waals surface area contributed by atoms with Gasteiger partial charge in [0.15, 0.2) is 5.78 Å². The fourth-order valence-corrected chi connectivity index (χ4v) is 3.06. The van der Waals surface area contributed by atoms with E-state index < -0.39 is 5.97 Å². The van der Waals surface area contributed by atoms with Gasteiger partial charge in [0, 0.05) is 11.6 Å². The van der Waals surface area contributed by atoms with Crippen molar-refractivity contribution in [2.45, 2.75) is 26.2 Å². The van der Waals surface area contributed by atoms with E-state index in [0.717, 1.165) is 36.1 Å². The number of ketones is 1. The number of rotatable bonds is 11. The summed E-state index contributed by atoms with van der Waals surface area (Å²) in [6.07, 6.45) is 9.46. The number of hydrogen-bond donors (Lipinski definition) is 0. The second kappa shape index (κ2) is 12.9. The molecule has 0 aliphatic rings. The number of benzene rings is 3. The molecule has 3 aromatic rings. The number of allylic oxidation sites excluding steroid dienone is 1. The van der Waals surface area contributed by atoms with Crippen molar-refractivity contribution in [2.75, 3.05) is 6.61 Å². The van der Waals surface area contributed by atoms with Crippen LogP contribution in [-0.4, -0.2) is 18.4 Å². The second-order valence-corrected chi connectivity index (χ2v) is 7.65. The van der Waals surface area contributed by atoms with E-state index in [4.69, 9.17) is 9.47 Å². The van der Waals surface area contributed by atoms with Crippen LogP contribution in [0.1, 0.15) is 47.7 Å². The number of carbonyl (C=O) groups excluding carboxylic acids is 2. The van der Waals surface area contributed by atoms with Crippen molar-refractivity contribution in [3.8, 4) is 11.5 Å². The Bertz CT molecular complexity index is 1130. The standard InChI is InChI=1S/C29H27FO4/c1-2-3-4-21-33-26-15-5-23(6-16-26)10-20-29(32)34-27-17-7-22(8-18-27)9-19-28(31)24-11-13-25(30)14-12-24/h5-20H,2-4,21H2,1H3/b19-9+,20-10+. The first-order chi connectivity index (χ1) is 16.5. The summed E-state index contributed by atoms with van der Waals surface area (Å²) in [5, 5.41) is 0. The lowest BCUT2D eigenvalue weighted by atomic mass is 10.1. The van der Waals surface area contributed by atoms with Crippen LogP contribution in [0.2, 0.25) is 0 Å². The van der Waals surface area contributed by atoms with Gasteiger partial charge in [-0.25, -0.2) is 9.18 Å². The molecule has 34 heavy (non-hydrogen) atoms. The maximum atomic E-state index is 13.0. The minimum Gasteiger partial charge on any atom is -0.494 e. The van der Waals surface area contributed by atoms with Gasteiger partial charge in [0.2, 0.25) is 0 Å². The van der Waals surface area contributed by atoms with Gasteiger partial charge in [0.1, 0.15) is 17.3 Å². The summed E-state index contributed by atoms with van der Waals surface area (Å²) in [6, 6.07) is 19.7. The van der Waals surface area contributed by atoms with Gasteiger partial charge in [-0.3, -0.25) is 4.79 Å². The van der Waals surface area contributed by atoms with Crippen molar-refractivity contribution in [1.82, 2.24) is 0 Å². The van der Waals surface area contributed by atoms with E-state index in [9.17, 15) is 14.0 Å². The highest BCUT2D eigenvalue weighted by Gasteiger charge is 2.03. The summed E-state index contributed by atoms with van der Waals surface area (Å²) in [7, 11) is 0. The van der Waals surface area contributed by atoms with Crippen molar-refractivity contribution in [1.29, 1.82) is 0 Å². The van der Waals surface area contributed by atoms with Gasteiger partial charge in [0.25, 0.3) is 0 Å². The second-order valence-electron chi connectivity index (χ2n) is 7.65. The van der Waals surface area contributed by atoms with E-state index in [-0.39, 0.29) is 11.6 Å². The van der Waals surface area contributed by atoms with Crippen LogP contribution >= 0.6 is 0 Å². The van der Waals surface area contributed by atoms with Gasteiger partial charge in [-0.05, 0) is 78.2 Å². The summed E-state index contributed by atoms with van der Waals surface area (Å²) in [4.78, 5) is 24.2. The third-order valence-corrected chi connectivity index (χ3v) is 4.96. The van der Waals surface area contributed by atoms with Crippen LogP contribution in [0.5, 0.6) is 11.5 Å². The molecule has 0 heterocycles. The quantitative estimate of drug-likeness (QED) is 0.103. The average molecular weight is 459 g/mol. The first-order valence-corrected chi connectivity index (χ1v) is 11.2. The molecule has 0 saturated heterocycles. The van der Waals surface area contributed by atoms with E-state index >= 15 is 0 Å². The Morgan fingerprint density at radius 3 is 1.97 bits per heavy atom. The molecule has 0 aliphatic carbocycles. The van der Waals surface area contributed by atoms with Gasteiger partial charge in [0.05, 0.1) is 6.61 Å². The van der Waals surface area contributed by atoms with Gasteiger partial charge in [-0.1, -0.05) is 50.1 Å². The number of unbranched alkanes of at least 4 members (excludes halogenated alkanes) is 2. The first kappa shape index (κ1) is 24.6. The van der Waals surface area contributed by atoms with Crippen molar-refractivity contribution >= 4 is 23.9 Å². The summed E-state index contributed by atoms with van der Waals surface area (Å²) in [5.41, 5.74) is 2.04. The number of halogens is 1. The Morgan fingerprint density at radius 1 is 0.765 bits per heavy atom. The molecule has 0 N–H and O–H groups in total. The zero-order valence-corrected chi connectivity index (χ0v) is 19.1. The van der Waals surface area contributed by atoms with Crippen LogP contribution < -0.4 is 9.47 Å². The van der Waals surface area contributed by atoms with E-state index in [0.29, 0.717) is 17.9 Å². The smallest absolute Gasteiger partial charge is 0.336 e. The summed E-state index contributed by atoms with van der Waals surface area (Å²) in [6.45, 7) is 2.86. The molecular formula is C29H27FO4. The van der Waals surface area contributed by atoms with Gasteiger partial charge >= 0.3 is 5.97 Å². The molecule has 3 rings (SSSR count). The molecule has 5 heteroatoms. The lowest BCUT2D eigenvalue weighted by Gasteiger charge is -2.05. The van der Waals surface area contributed by atoms with E-state index in [1.54, 1.807) is 36.4 Å². The molecule has 0 atom stereocenters. The third-order valence-electron chi connectivity index (χ3n) is 4.96. The molecule has 4 nitrogen and oxygen atoms in total. The summed E-state index contributed by atoms with van der Waals surface area (Å²) >= 11 is 0. The molecule has 174 valence electrons. The predicted octanol–water partition coefficient (Wildman–Crippen LogP) is 6.91. The van der Waals surface area contributed by atoms with E-state index in [2.05, 4.69) is 6.92 Å². The van der Waals surface area contributed by atoms with Gasteiger partial charge < -0.3 is 9.47 Å². The number of esters is 1. The largest absolute Gasteiger partial charge is 0.494 e. The van der Waals surface area contributed by atoms with Crippen LogP contribution in [0, 0.1) is 5.82 Å². The Kier molecular flexibility index (Phi) is 9.35. The lowest BCUT2D eigenvalue weighted by Crippen LogP contribution is -2.03. The summed E-state index contributed by atoms with van der Waals surface area (Å²) in [5.74, 6) is 0.101. The molecule has 0 radical (unpaired) electrons. The number of hydrogen-bond acceptors (Lipinski definition) is 4. The zero-order chi connectivity index (χ0) is 24.2. The Balaban J connectivity index is 1.48. The van der Waals surface area contributed by atoms with Crippen LogP contribution in [0.4, 0.5) is 4.39 Å². The molecule has 0 aromatic heterocycles. The van der Waals surface area contributed by atoms with E-state index in [1.807, 2.05) is 24.3 Å². The maximum Gasteiger partial charge on any atom is 0.336 e. The van der Waals surface area contributed by atoms with Crippen molar-refractivity contribution in [2.24, 2.45) is 0 Å². The van der Waals surface area contributed by atoms with Crippen molar-refractivity contribution < 1.29 is 23.5 Å². The first-order valence-electron chi connectivity index (χ1n) is 11.2. The molecule has 0 saturated carbocycles. The highest BCUT2D eigenvalue weighted by Crippen LogP contribution is 2.16. The Morgan fingerprint density at radius 2 is 1.35 bits per heavy atom. The van der Waals surface area contributed by atoms with Crippen LogP contribution in [0.3, 0.4) is 0 Å². The highest BCUT2D eigenvalue weighted by molar-refractivity contribution is 6.06. The molecular weight excluding hydrogens is 431 g/mol. The van der Waals surface area contributed by atoms with Crippen LogP contribution in [-0.2, 0) is 4.79 Å². The monoisotopic (exact) mass is 458 g/mol. The number of carbonyl (C=O) groups is 2.